The zero-order valence-corrected chi connectivity index (χ0v) is 12.2. The second kappa shape index (κ2) is 8.19. The van der Waals surface area contributed by atoms with Crippen LogP contribution in [-0.4, -0.2) is 29.0 Å². The lowest BCUT2D eigenvalue weighted by atomic mass is 10.0. The van der Waals surface area contributed by atoms with Crippen LogP contribution in [-0.2, 0) is 14.3 Å². The second-order valence-electron chi connectivity index (χ2n) is 4.47. The third kappa shape index (κ3) is 5.17. The Morgan fingerprint density at radius 3 is 2.70 bits per heavy atom. The Morgan fingerprint density at radius 2 is 2.13 bits per heavy atom. The number of ether oxygens (including phenoxy) is 1. The number of nitriles is 1. The van der Waals surface area contributed by atoms with Crippen LogP contribution in [0.3, 0.4) is 0 Å². The number of hydrogen-bond donors (Lipinski definition) is 1. The first-order chi connectivity index (χ1) is 10.9. The van der Waals surface area contributed by atoms with E-state index in [2.05, 4.69) is 4.74 Å². The fraction of sp³-hybridized carbons (Fsp3) is 0.200. The fourth-order valence-electron chi connectivity index (χ4n) is 1.64. The Labute approximate surface area is 131 Å². The van der Waals surface area contributed by atoms with Crippen LogP contribution in [0.4, 0.5) is 5.69 Å². The monoisotopic (exact) mass is 315 g/mol. The van der Waals surface area contributed by atoms with Crippen molar-refractivity contribution in [1.82, 2.24) is 0 Å². The summed E-state index contributed by atoms with van der Waals surface area (Å²) in [6, 6.07) is 7.46. The summed E-state index contributed by atoms with van der Waals surface area (Å²) in [5, 5.41) is 26.8. The van der Waals surface area contributed by atoms with Crippen LogP contribution in [0.1, 0.15) is 12.5 Å². The van der Waals surface area contributed by atoms with Crippen molar-refractivity contribution < 1.29 is 19.2 Å². The van der Waals surface area contributed by atoms with Crippen LogP contribution >= 0.6 is 0 Å². The van der Waals surface area contributed by atoms with Crippen molar-refractivity contribution in [3.8, 4) is 6.07 Å². The first-order valence-electron chi connectivity index (χ1n) is 6.42. The van der Waals surface area contributed by atoms with E-state index in [1.165, 1.54) is 31.2 Å². The van der Waals surface area contributed by atoms with Crippen LogP contribution < -0.4 is 0 Å². The number of hydrogen-bond acceptors (Lipinski definition) is 7. The fourth-order valence-corrected chi connectivity index (χ4v) is 1.64. The van der Waals surface area contributed by atoms with Gasteiger partial charge in [-0.05, 0) is 19.1 Å². The van der Waals surface area contributed by atoms with E-state index in [9.17, 15) is 19.7 Å². The van der Waals surface area contributed by atoms with Crippen molar-refractivity contribution in [2.24, 2.45) is 5.92 Å². The average molecular weight is 315 g/mol. The molecule has 0 heterocycles. The van der Waals surface area contributed by atoms with E-state index in [0.717, 1.165) is 6.08 Å². The van der Waals surface area contributed by atoms with Gasteiger partial charge in [-0.15, -0.1) is 0 Å². The van der Waals surface area contributed by atoms with Crippen molar-refractivity contribution >= 4 is 29.2 Å². The normalized spacial score (nSPS) is 11.5. The predicted octanol–water partition coefficient (Wildman–Crippen LogP) is 1.90. The van der Waals surface area contributed by atoms with E-state index in [1.807, 2.05) is 0 Å². The van der Waals surface area contributed by atoms with E-state index in [-0.39, 0.29) is 17.0 Å². The SMILES string of the molecule is CC(=N)C(C#N)C(=O)COC(=O)/C=C/c1ccccc1[N+](=O)[O-]. The average Bonchev–Trinajstić information content (AvgIpc) is 2.51. The molecule has 23 heavy (non-hydrogen) atoms. The molecule has 0 aliphatic carbocycles. The van der Waals surface area contributed by atoms with Gasteiger partial charge in [-0.25, -0.2) is 4.79 Å². The molecular weight excluding hydrogens is 302 g/mol. The molecule has 1 N–H and O–H groups in total. The van der Waals surface area contributed by atoms with Gasteiger partial charge < -0.3 is 10.1 Å². The smallest absolute Gasteiger partial charge is 0.331 e. The molecule has 0 aliphatic rings. The Hall–Kier alpha value is -3.34. The van der Waals surface area contributed by atoms with Crippen molar-refractivity contribution in [3.05, 3.63) is 46.0 Å². The largest absolute Gasteiger partial charge is 0.454 e. The van der Waals surface area contributed by atoms with Gasteiger partial charge in [0.2, 0.25) is 0 Å². The van der Waals surface area contributed by atoms with Gasteiger partial charge in [0, 0.05) is 17.9 Å². The molecule has 8 heteroatoms. The number of nitro groups is 1. The minimum atomic E-state index is -1.25. The number of esters is 1. The van der Waals surface area contributed by atoms with E-state index < -0.39 is 29.2 Å². The number of ketones is 1. The summed E-state index contributed by atoms with van der Waals surface area (Å²) >= 11 is 0. The van der Waals surface area contributed by atoms with E-state index in [1.54, 1.807) is 12.1 Å². The quantitative estimate of drug-likeness (QED) is 0.268. The molecular formula is C15H13N3O5. The molecule has 0 amide bonds. The Kier molecular flexibility index (Phi) is 6.30. The second-order valence-corrected chi connectivity index (χ2v) is 4.47. The Morgan fingerprint density at radius 1 is 1.48 bits per heavy atom. The molecule has 8 nitrogen and oxygen atoms in total. The maximum Gasteiger partial charge on any atom is 0.331 e. The third-order valence-electron chi connectivity index (χ3n) is 2.77. The molecule has 0 saturated heterocycles. The number of carbonyl (C=O) groups is 2. The molecule has 1 unspecified atom stereocenters. The first kappa shape index (κ1) is 17.7. The van der Waals surface area contributed by atoms with E-state index >= 15 is 0 Å². The minimum absolute atomic E-state index is 0.135. The van der Waals surface area contributed by atoms with Gasteiger partial charge in [-0.2, -0.15) is 5.26 Å². The highest BCUT2D eigenvalue weighted by Gasteiger charge is 2.21. The highest BCUT2D eigenvalue weighted by Crippen LogP contribution is 2.18. The van der Waals surface area contributed by atoms with Crippen LogP contribution in [0.5, 0.6) is 0 Å². The van der Waals surface area contributed by atoms with Crippen LogP contribution in [0.15, 0.2) is 30.3 Å². The molecule has 1 rings (SSSR count). The highest BCUT2D eigenvalue weighted by atomic mass is 16.6. The number of carbonyl (C=O) groups excluding carboxylic acids is 2. The Bertz CT molecular complexity index is 718. The van der Waals surface area contributed by atoms with Gasteiger partial charge in [-0.1, -0.05) is 12.1 Å². The maximum absolute atomic E-state index is 11.6. The molecule has 0 aromatic heterocycles. The summed E-state index contributed by atoms with van der Waals surface area (Å²) in [6.07, 6.45) is 2.16. The maximum atomic E-state index is 11.6. The molecule has 0 aliphatic heterocycles. The molecule has 1 aromatic carbocycles. The molecule has 0 spiro atoms. The number of nitro benzene ring substituents is 1. The molecule has 1 aromatic rings. The van der Waals surface area contributed by atoms with E-state index in [0.29, 0.717) is 0 Å². The van der Waals surface area contributed by atoms with Crippen LogP contribution in [0.2, 0.25) is 0 Å². The molecule has 118 valence electrons. The minimum Gasteiger partial charge on any atom is -0.454 e. The lowest BCUT2D eigenvalue weighted by Gasteiger charge is -2.05. The highest BCUT2D eigenvalue weighted by molar-refractivity contribution is 6.06. The zero-order valence-electron chi connectivity index (χ0n) is 12.2. The van der Waals surface area contributed by atoms with Crippen LogP contribution in [0, 0.1) is 32.8 Å². The van der Waals surface area contributed by atoms with Crippen molar-refractivity contribution in [3.63, 3.8) is 0 Å². The van der Waals surface area contributed by atoms with Crippen molar-refractivity contribution in [2.45, 2.75) is 6.92 Å². The molecule has 0 saturated carbocycles. The summed E-state index contributed by atoms with van der Waals surface area (Å²) in [4.78, 5) is 33.3. The van der Waals surface area contributed by atoms with Crippen molar-refractivity contribution in [1.29, 1.82) is 10.7 Å². The third-order valence-corrected chi connectivity index (χ3v) is 2.77. The molecule has 0 fully saturated rings. The van der Waals surface area contributed by atoms with E-state index in [4.69, 9.17) is 10.7 Å². The number of para-hydroxylation sites is 1. The van der Waals surface area contributed by atoms with Gasteiger partial charge >= 0.3 is 5.97 Å². The summed E-state index contributed by atoms with van der Waals surface area (Å²) in [6.45, 7) is 0.663. The molecule has 1 atom stereocenters. The van der Waals surface area contributed by atoms with Crippen LogP contribution in [0.25, 0.3) is 6.08 Å². The summed E-state index contributed by atoms with van der Waals surface area (Å²) < 4.78 is 4.67. The van der Waals surface area contributed by atoms with Gasteiger partial charge in [0.1, 0.15) is 5.92 Å². The summed E-state index contributed by atoms with van der Waals surface area (Å²) in [5.74, 6) is -2.83. The number of nitrogens with zero attached hydrogens (tertiary/aromatic N) is 2. The summed E-state index contributed by atoms with van der Waals surface area (Å²) in [5.41, 5.74) is -0.0911. The first-order valence-corrected chi connectivity index (χ1v) is 6.42. The lowest BCUT2D eigenvalue weighted by Crippen LogP contribution is -2.25. The standard InChI is InChI=1S/C15H13N3O5/c1-10(17)12(8-16)14(19)9-23-15(20)7-6-11-4-2-3-5-13(11)18(21)22/h2-7,12,17H,9H2,1H3/b7-6+,17-10?. The zero-order chi connectivity index (χ0) is 17.4. The van der Waals surface area contributed by atoms with Gasteiger partial charge in [0.25, 0.3) is 5.69 Å². The number of Topliss-reactive ketones (excluding diaryl/α,β-unsaturated/α-hetero) is 1. The lowest BCUT2D eigenvalue weighted by molar-refractivity contribution is -0.385. The molecule has 0 radical (unpaired) electrons. The number of nitrogens with one attached hydrogen (secondary N) is 1. The summed E-state index contributed by atoms with van der Waals surface area (Å²) in [7, 11) is 0. The molecule has 0 bridgehead atoms. The Balaban J connectivity index is 2.68. The topological polar surface area (TPSA) is 134 Å². The van der Waals surface area contributed by atoms with Crippen molar-refractivity contribution in [2.75, 3.05) is 6.61 Å². The predicted molar refractivity (Wildman–Crippen MR) is 80.6 cm³/mol. The van der Waals surface area contributed by atoms with Gasteiger partial charge in [0.05, 0.1) is 16.6 Å². The number of benzene rings is 1. The van der Waals surface area contributed by atoms with Gasteiger partial charge in [0.15, 0.2) is 12.4 Å². The van der Waals surface area contributed by atoms with Gasteiger partial charge in [-0.3, -0.25) is 14.9 Å². The number of rotatable bonds is 7.